The van der Waals surface area contributed by atoms with E-state index in [2.05, 4.69) is 16.8 Å². The van der Waals surface area contributed by atoms with Gasteiger partial charge < -0.3 is 9.80 Å². The predicted octanol–water partition coefficient (Wildman–Crippen LogP) is 4.40. The van der Waals surface area contributed by atoms with Crippen molar-refractivity contribution in [3.8, 4) is 11.4 Å². The molecule has 3 rings (SSSR count). The number of likely N-dealkylation sites (tertiary alicyclic amines) is 1. The van der Waals surface area contributed by atoms with Gasteiger partial charge in [0, 0.05) is 38.3 Å². The Hall–Kier alpha value is -2.43. The lowest BCUT2D eigenvalue weighted by atomic mass is 10.2. The maximum Gasteiger partial charge on any atom is 0.272 e. The fourth-order valence-corrected chi connectivity index (χ4v) is 3.40. The second-order valence-corrected chi connectivity index (χ2v) is 7.28. The minimum Gasteiger partial charge on any atom is -0.360 e. The number of hydrogen-bond acceptors (Lipinski definition) is 4. The molecule has 0 N–H and O–H groups in total. The van der Waals surface area contributed by atoms with Crippen molar-refractivity contribution in [2.24, 2.45) is 0 Å². The Morgan fingerprint density at radius 2 is 1.78 bits per heavy atom. The molecule has 1 aromatic heterocycles. The molecule has 27 heavy (non-hydrogen) atoms. The van der Waals surface area contributed by atoms with Crippen molar-refractivity contribution in [2.45, 2.75) is 45.4 Å². The molecule has 1 aliphatic heterocycles. The molecule has 5 nitrogen and oxygen atoms in total. The molecule has 5 heteroatoms. The minimum atomic E-state index is 0.0293. The highest BCUT2D eigenvalue weighted by Gasteiger charge is 2.21. The van der Waals surface area contributed by atoms with Crippen LogP contribution in [0.4, 0.5) is 5.82 Å². The highest BCUT2D eigenvalue weighted by molar-refractivity contribution is 5.93. The molecule has 0 unspecified atom stereocenters. The number of carbonyl (C=O) groups excluding carboxylic acids is 1. The molecule has 1 amide bonds. The van der Waals surface area contributed by atoms with Crippen molar-refractivity contribution < 1.29 is 4.79 Å². The minimum absolute atomic E-state index is 0.0293. The van der Waals surface area contributed by atoms with Crippen LogP contribution in [0.15, 0.2) is 36.4 Å². The summed E-state index contributed by atoms with van der Waals surface area (Å²) in [7, 11) is 2.03. The number of hydrogen-bond donors (Lipinski definition) is 0. The molecule has 0 saturated carbocycles. The van der Waals surface area contributed by atoms with E-state index >= 15 is 0 Å². The zero-order valence-electron chi connectivity index (χ0n) is 16.5. The fourth-order valence-electron chi connectivity index (χ4n) is 3.40. The van der Waals surface area contributed by atoms with Crippen molar-refractivity contribution in [1.29, 1.82) is 0 Å². The topological polar surface area (TPSA) is 49.3 Å². The Labute approximate surface area is 162 Å². The number of nitrogens with zero attached hydrogens (tertiary/aromatic N) is 4. The van der Waals surface area contributed by atoms with Crippen molar-refractivity contribution in [3.63, 3.8) is 0 Å². The van der Waals surface area contributed by atoms with Crippen LogP contribution >= 0.6 is 0 Å². The summed E-state index contributed by atoms with van der Waals surface area (Å²) >= 11 is 0. The zero-order chi connectivity index (χ0) is 19.1. The third kappa shape index (κ3) is 5.06. The molecule has 0 bridgehead atoms. The molecule has 0 spiro atoms. The van der Waals surface area contributed by atoms with E-state index in [4.69, 9.17) is 4.98 Å². The van der Waals surface area contributed by atoms with Gasteiger partial charge >= 0.3 is 0 Å². The van der Waals surface area contributed by atoms with E-state index in [-0.39, 0.29) is 5.91 Å². The van der Waals surface area contributed by atoms with Crippen molar-refractivity contribution in [1.82, 2.24) is 14.9 Å². The number of amides is 1. The van der Waals surface area contributed by atoms with Gasteiger partial charge in [-0.25, -0.2) is 9.97 Å². The standard InChI is InChI=1S/C22H30N4O/c1-3-4-14-25(2)20-17-19(22(27)26-15-10-5-6-11-16-26)23-21(24-20)18-12-8-7-9-13-18/h7-9,12-13,17H,3-6,10-11,14-16H2,1-2H3. The van der Waals surface area contributed by atoms with Crippen LogP contribution in [0.1, 0.15) is 55.9 Å². The fraction of sp³-hybridized carbons (Fsp3) is 0.500. The molecule has 0 radical (unpaired) electrons. The average molecular weight is 367 g/mol. The quantitative estimate of drug-likeness (QED) is 0.760. The number of anilines is 1. The van der Waals surface area contributed by atoms with Crippen LogP contribution in [-0.4, -0.2) is 47.5 Å². The van der Waals surface area contributed by atoms with E-state index in [1.54, 1.807) is 0 Å². The molecule has 1 saturated heterocycles. The van der Waals surface area contributed by atoms with Crippen LogP contribution in [0.25, 0.3) is 11.4 Å². The lowest BCUT2D eigenvalue weighted by Crippen LogP contribution is -2.33. The molecule has 1 aromatic carbocycles. The molecule has 1 fully saturated rings. The number of benzene rings is 1. The summed E-state index contributed by atoms with van der Waals surface area (Å²) in [5.41, 5.74) is 1.44. The van der Waals surface area contributed by atoms with Gasteiger partial charge in [-0.05, 0) is 19.3 Å². The number of unbranched alkanes of at least 4 members (excludes halogenated alkanes) is 1. The summed E-state index contributed by atoms with van der Waals surface area (Å²) < 4.78 is 0. The molecule has 144 valence electrons. The summed E-state index contributed by atoms with van der Waals surface area (Å²) in [6.07, 6.45) is 6.77. The Morgan fingerprint density at radius 1 is 1.07 bits per heavy atom. The van der Waals surface area contributed by atoms with Gasteiger partial charge in [-0.3, -0.25) is 4.79 Å². The predicted molar refractivity (Wildman–Crippen MR) is 110 cm³/mol. The molecular formula is C22H30N4O. The zero-order valence-corrected chi connectivity index (χ0v) is 16.5. The molecule has 2 heterocycles. The highest BCUT2D eigenvalue weighted by Crippen LogP contribution is 2.21. The average Bonchev–Trinajstić information content (AvgIpc) is 3.01. The lowest BCUT2D eigenvalue weighted by molar-refractivity contribution is 0.0755. The number of rotatable bonds is 6. The molecule has 2 aromatic rings. The largest absolute Gasteiger partial charge is 0.360 e. The van der Waals surface area contributed by atoms with Crippen LogP contribution in [0.3, 0.4) is 0 Å². The number of aromatic nitrogens is 2. The van der Waals surface area contributed by atoms with Gasteiger partial charge in [-0.15, -0.1) is 0 Å². The van der Waals surface area contributed by atoms with Gasteiger partial charge in [0.2, 0.25) is 0 Å². The van der Waals surface area contributed by atoms with E-state index in [9.17, 15) is 4.79 Å². The summed E-state index contributed by atoms with van der Waals surface area (Å²) in [6.45, 7) is 4.74. The van der Waals surface area contributed by atoms with E-state index in [1.165, 1.54) is 12.8 Å². The Morgan fingerprint density at radius 3 is 2.44 bits per heavy atom. The van der Waals surface area contributed by atoms with Crippen LogP contribution < -0.4 is 4.90 Å². The van der Waals surface area contributed by atoms with Gasteiger partial charge in [0.1, 0.15) is 11.5 Å². The van der Waals surface area contributed by atoms with Crippen LogP contribution in [0.5, 0.6) is 0 Å². The van der Waals surface area contributed by atoms with Gasteiger partial charge in [0.15, 0.2) is 5.82 Å². The summed E-state index contributed by atoms with van der Waals surface area (Å²) in [5, 5.41) is 0. The van der Waals surface area contributed by atoms with Gasteiger partial charge in [-0.2, -0.15) is 0 Å². The maximum atomic E-state index is 13.1. The monoisotopic (exact) mass is 366 g/mol. The number of carbonyl (C=O) groups is 1. The first-order valence-electron chi connectivity index (χ1n) is 10.1. The van der Waals surface area contributed by atoms with Crippen LogP contribution in [-0.2, 0) is 0 Å². The normalized spacial score (nSPS) is 14.7. The van der Waals surface area contributed by atoms with Crippen molar-refractivity contribution >= 4 is 11.7 Å². The third-order valence-electron chi connectivity index (χ3n) is 5.10. The third-order valence-corrected chi connectivity index (χ3v) is 5.10. The van der Waals surface area contributed by atoms with E-state index in [0.29, 0.717) is 11.5 Å². The van der Waals surface area contributed by atoms with Gasteiger partial charge in [0.25, 0.3) is 5.91 Å². The summed E-state index contributed by atoms with van der Waals surface area (Å²) in [4.78, 5) is 26.6. The second-order valence-electron chi connectivity index (χ2n) is 7.28. The van der Waals surface area contributed by atoms with E-state index in [0.717, 1.165) is 56.7 Å². The van der Waals surface area contributed by atoms with Crippen molar-refractivity contribution in [2.75, 3.05) is 31.6 Å². The highest BCUT2D eigenvalue weighted by atomic mass is 16.2. The van der Waals surface area contributed by atoms with E-state index < -0.39 is 0 Å². The van der Waals surface area contributed by atoms with Crippen molar-refractivity contribution in [3.05, 3.63) is 42.1 Å². The molecule has 0 aliphatic carbocycles. The summed E-state index contributed by atoms with van der Waals surface area (Å²) in [6, 6.07) is 11.8. The lowest BCUT2D eigenvalue weighted by Gasteiger charge is -2.22. The van der Waals surface area contributed by atoms with Crippen LogP contribution in [0.2, 0.25) is 0 Å². The maximum absolute atomic E-state index is 13.1. The first-order chi connectivity index (χ1) is 13.2. The molecule has 0 atom stereocenters. The first kappa shape index (κ1) is 19.3. The van der Waals surface area contributed by atoms with Gasteiger partial charge in [0.05, 0.1) is 0 Å². The Kier molecular flexibility index (Phi) is 6.80. The summed E-state index contributed by atoms with van der Waals surface area (Å²) in [5.74, 6) is 1.46. The second kappa shape index (κ2) is 9.49. The van der Waals surface area contributed by atoms with Crippen LogP contribution in [0, 0.1) is 0 Å². The Balaban J connectivity index is 1.94. The SMILES string of the molecule is CCCCN(C)c1cc(C(=O)N2CCCCCC2)nc(-c2ccccc2)n1. The molecule has 1 aliphatic rings. The smallest absolute Gasteiger partial charge is 0.272 e. The Bertz CT molecular complexity index is 739. The first-order valence-corrected chi connectivity index (χ1v) is 10.1. The molecular weight excluding hydrogens is 336 g/mol. The van der Waals surface area contributed by atoms with E-state index in [1.807, 2.05) is 48.3 Å². The van der Waals surface area contributed by atoms with Gasteiger partial charge in [-0.1, -0.05) is 56.5 Å².